The van der Waals surface area contributed by atoms with Gasteiger partial charge in [-0.15, -0.1) is 11.3 Å². The molecule has 5 nitrogen and oxygen atoms in total. The van der Waals surface area contributed by atoms with Gasteiger partial charge in [0, 0.05) is 18.1 Å². The molecule has 2 atom stereocenters. The highest BCUT2D eigenvalue weighted by Crippen LogP contribution is 2.32. The van der Waals surface area contributed by atoms with Gasteiger partial charge < -0.3 is 9.64 Å². The number of aromatic nitrogens is 2. The van der Waals surface area contributed by atoms with Gasteiger partial charge in [0.15, 0.2) is 0 Å². The van der Waals surface area contributed by atoms with E-state index in [1.54, 1.807) is 25.5 Å². The zero-order chi connectivity index (χ0) is 16.8. The summed E-state index contributed by atoms with van der Waals surface area (Å²) in [5.74, 6) is 0. The van der Waals surface area contributed by atoms with Gasteiger partial charge in [-0.25, -0.2) is 9.18 Å². The molecule has 0 N–H and O–H groups in total. The first-order chi connectivity index (χ1) is 10.7. The lowest BCUT2D eigenvalue weighted by molar-refractivity contribution is 0.00582. The van der Waals surface area contributed by atoms with Gasteiger partial charge in [0.2, 0.25) is 0 Å². The monoisotopic (exact) mass is 403 g/mol. The Kier molecular flexibility index (Phi) is 4.39. The largest absolute Gasteiger partial charge is 0.444 e. The molecule has 1 fully saturated rings. The molecule has 0 bridgehead atoms. The number of hydrogen-bond acceptors (Lipinski definition) is 4. The Labute approximate surface area is 146 Å². The molecule has 0 unspecified atom stereocenters. The number of amides is 1. The number of hydrogen-bond donors (Lipinski definition) is 0. The maximum atomic E-state index is 14.6. The summed E-state index contributed by atoms with van der Waals surface area (Å²) in [4.78, 5) is 14.4. The minimum absolute atomic E-state index is 0.0385. The van der Waals surface area contributed by atoms with Crippen LogP contribution >= 0.6 is 27.3 Å². The van der Waals surface area contributed by atoms with Gasteiger partial charge in [-0.3, -0.25) is 4.68 Å². The molecule has 8 heteroatoms. The minimum atomic E-state index is -1.16. The van der Waals surface area contributed by atoms with Crippen LogP contribution in [0, 0.1) is 0 Å². The maximum Gasteiger partial charge on any atom is 0.410 e. The average molecular weight is 404 g/mol. The Morgan fingerprint density at radius 2 is 2.26 bits per heavy atom. The van der Waals surface area contributed by atoms with Gasteiger partial charge in [0.1, 0.15) is 16.6 Å². The number of fused-ring (bicyclic) bond motifs is 1. The zero-order valence-corrected chi connectivity index (χ0v) is 15.7. The maximum absolute atomic E-state index is 14.6. The summed E-state index contributed by atoms with van der Waals surface area (Å²) in [7, 11) is 0. The van der Waals surface area contributed by atoms with E-state index in [0.717, 1.165) is 14.0 Å². The second-order valence-corrected chi connectivity index (χ2v) is 9.13. The molecule has 2 aromatic rings. The lowest BCUT2D eigenvalue weighted by Gasteiger charge is -2.35. The van der Waals surface area contributed by atoms with Crippen LogP contribution in [-0.2, 0) is 4.74 Å². The molecular weight excluding hydrogens is 385 g/mol. The summed E-state index contributed by atoms with van der Waals surface area (Å²) < 4.78 is 22.6. The number of carbonyl (C=O) groups excluding carboxylic acids is 1. The lowest BCUT2D eigenvalue weighted by Crippen LogP contribution is -2.47. The molecule has 3 rings (SSSR count). The fourth-order valence-corrected chi connectivity index (χ4v) is 4.11. The third-order valence-corrected chi connectivity index (χ3v) is 5.22. The van der Waals surface area contributed by atoms with Crippen molar-refractivity contribution in [3.05, 3.63) is 16.0 Å². The number of ether oxygens (including phenoxy) is 1. The Balaban J connectivity index is 1.68. The Bertz CT molecular complexity index is 692. The Morgan fingerprint density at radius 1 is 1.52 bits per heavy atom. The van der Waals surface area contributed by atoms with Crippen LogP contribution in [0.1, 0.15) is 33.2 Å². The molecule has 2 aromatic heterocycles. The number of likely N-dealkylation sites (tertiary alicyclic amines) is 1. The van der Waals surface area contributed by atoms with Gasteiger partial charge in [0.05, 0.1) is 16.4 Å². The Hall–Kier alpha value is -1.15. The molecule has 0 aliphatic carbocycles. The van der Waals surface area contributed by atoms with E-state index >= 15 is 0 Å². The van der Waals surface area contributed by atoms with E-state index in [0.29, 0.717) is 13.0 Å². The van der Waals surface area contributed by atoms with Crippen molar-refractivity contribution in [3.63, 3.8) is 0 Å². The first kappa shape index (κ1) is 16.7. The van der Waals surface area contributed by atoms with E-state index in [4.69, 9.17) is 4.74 Å². The van der Waals surface area contributed by atoms with Crippen molar-refractivity contribution in [1.29, 1.82) is 0 Å². The summed E-state index contributed by atoms with van der Waals surface area (Å²) in [5, 5.41) is 5.47. The molecule has 1 saturated heterocycles. The van der Waals surface area contributed by atoms with Crippen LogP contribution in [0.3, 0.4) is 0 Å². The van der Waals surface area contributed by atoms with E-state index < -0.39 is 17.9 Å². The highest BCUT2D eigenvalue weighted by atomic mass is 79.9. The number of carbonyl (C=O) groups is 1. The third kappa shape index (κ3) is 3.68. The molecule has 1 aliphatic rings. The second-order valence-electron chi connectivity index (χ2n) is 6.72. The highest BCUT2D eigenvalue weighted by molar-refractivity contribution is 9.11. The molecule has 0 saturated carbocycles. The van der Waals surface area contributed by atoms with E-state index in [1.807, 2.05) is 12.3 Å². The zero-order valence-electron chi connectivity index (χ0n) is 13.3. The fraction of sp³-hybridized carbons (Fsp3) is 0.600. The van der Waals surface area contributed by atoms with E-state index in [-0.39, 0.29) is 12.6 Å². The van der Waals surface area contributed by atoms with E-state index in [2.05, 4.69) is 21.0 Å². The fourth-order valence-electron chi connectivity index (χ4n) is 2.66. The molecule has 1 aliphatic heterocycles. The summed E-state index contributed by atoms with van der Waals surface area (Å²) in [6.45, 7) is 5.92. The number of rotatable bonds is 1. The second kappa shape index (κ2) is 6.05. The SMILES string of the molecule is CC(C)(C)OC(=O)N1CC[C@H](n2cc3cc(Br)sc3n2)[C@@H](F)C1. The summed E-state index contributed by atoms with van der Waals surface area (Å²) in [6, 6.07) is 1.64. The van der Waals surface area contributed by atoms with Crippen LogP contribution in [0.15, 0.2) is 16.0 Å². The van der Waals surface area contributed by atoms with Crippen LogP contribution < -0.4 is 0 Å². The van der Waals surface area contributed by atoms with Crippen molar-refractivity contribution >= 4 is 43.6 Å². The summed E-state index contributed by atoms with van der Waals surface area (Å²) >= 11 is 4.95. The van der Waals surface area contributed by atoms with Crippen LogP contribution in [0.4, 0.5) is 9.18 Å². The molecule has 23 heavy (non-hydrogen) atoms. The average Bonchev–Trinajstić information content (AvgIpc) is 2.93. The lowest BCUT2D eigenvalue weighted by atomic mass is 10.0. The van der Waals surface area contributed by atoms with Crippen molar-refractivity contribution in [2.45, 2.75) is 45.0 Å². The Morgan fingerprint density at radius 3 is 2.87 bits per heavy atom. The van der Waals surface area contributed by atoms with Crippen molar-refractivity contribution < 1.29 is 13.9 Å². The topological polar surface area (TPSA) is 47.4 Å². The smallest absolute Gasteiger partial charge is 0.410 e. The minimum Gasteiger partial charge on any atom is -0.444 e. The van der Waals surface area contributed by atoms with Crippen molar-refractivity contribution in [3.8, 4) is 0 Å². The standard InChI is InChI=1S/C15H19BrFN3O2S/c1-15(2,3)22-14(21)19-5-4-11(10(17)8-19)20-7-9-6-12(16)23-13(9)18-20/h6-7,10-11H,4-5,8H2,1-3H3/t10-,11-/m0/s1. The first-order valence-electron chi connectivity index (χ1n) is 7.49. The quantitative estimate of drug-likeness (QED) is 0.709. The van der Waals surface area contributed by atoms with Gasteiger partial charge in [-0.05, 0) is 49.2 Å². The molecule has 0 spiro atoms. The molecule has 0 aromatic carbocycles. The van der Waals surface area contributed by atoms with Crippen molar-refractivity contribution in [2.24, 2.45) is 0 Å². The third-order valence-electron chi connectivity index (χ3n) is 3.69. The molecule has 0 radical (unpaired) electrons. The molecular formula is C15H19BrFN3O2S. The molecule has 1 amide bonds. The van der Waals surface area contributed by atoms with E-state index in [9.17, 15) is 9.18 Å². The number of nitrogens with zero attached hydrogens (tertiary/aromatic N) is 3. The van der Waals surface area contributed by atoms with Crippen LogP contribution in [0.25, 0.3) is 10.2 Å². The number of thiophene rings is 1. The van der Waals surface area contributed by atoms with Crippen LogP contribution in [0.2, 0.25) is 0 Å². The normalized spacial score (nSPS) is 22.6. The number of alkyl halides is 1. The predicted molar refractivity (Wildman–Crippen MR) is 91.7 cm³/mol. The predicted octanol–water partition coefficient (Wildman–Crippen LogP) is 4.38. The van der Waals surface area contributed by atoms with Crippen LogP contribution in [0.5, 0.6) is 0 Å². The number of piperidine rings is 1. The first-order valence-corrected chi connectivity index (χ1v) is 9.10. The van der Waals surface area contributed by atoms with Crippen molar-refractivity contribution in [1.82, 2.24) is 14.7 Å². The number of halogens is 2. The summed E-state index contributed by atoms with van der Waals surface area (Å²) in [5.41, 5.74) is -0.570. The molecule has 126 valence electrons. The summed E-state index contributed by atoms with van der Waals surface area (Å²) in [6.07, 6.45) is 0.783. The van der Waals surface area contributed by atoms with Gasteiger partial charge in [0.25, 0.3) is 0 Å². The van der Waals surface area contributed by atoms with Gasteiger partial charge in [-0.2, -0.15) is 5.10 Å². The highest BCUT2D eigenvalue weighted by Gasteiger charge is 2.35. The van der Waals surface area contributed by atoms with Crippen LogP contribution in [-0.4, -0.2) is 45.6 Å². The molecule has 3 heterocycles. The van der Waals surface area contributed by atoms with Gasteiger partial charge in [-0.1, -0.05) is 0 Å². The van der Waals surface area contributed by atoms with Crippen molar-refractivity contribution in [2.75, 3.05) is 13.1 Å². The van der Waals surface area contributed by atoms with E-state index in [1.165, 1.54) is 16.2 Å². The van der Waals surface area contributed by atoms with Gasteiger partial charge >= 0.3 is 6.09 Å².